The van der Waals surface area contributed by atoms with Crippen molar-refractivity contribution in [3.63, 3.8) is 0 Å². The lowest BCUT2D eigenvalue weighted by Gasteiger charge is -2.37. The molecule has 0 aliphatic carbocycles. The summed E-state index contributed by atoms with van der Waals surface area (Å²) in [5, 5.41) is 0. The van der Waals surface area contributed by atoms with Crippen LogP contribution < -0.4 is 0 Å². The van der Waals surface area contributed by atoms with E-state index in [2.05, 4.69) is 50.8 Å². The van der Waals surface area contributed by atoms with E-state index in [1.165, 1.54) is 0 Å². The maximum Gasteiger partial charge on any atom is -0.0167 e. The predicted molar refractivity (Wildman–Crippen MR) is 59.7 cm³/mol. The Morgan fingerprint density at radius 1 is 0.818 bits per heavy atom. The monoisotopic (exact) mass is 196 g/mol. The molecule has 0 saturated carbocycles. The molecule has 0 heterocycles. The van der Waals surface area contributed by atoms with Gasteiger partial charge in [0.15, 0.2) is 0 Å². The summed E-state index contributed by atoms with van der Waals surface area (Å²) in [5.74, 6) is 0. The van der Waals surface area contributed by atoms with Crippen LogP contribution in [0.25, 0.3) is 0 Å². The van der Waals surface area contributed by atoms with Gasteiger partial charge in [-0.15, -0.1) is 21.6 Å². The van der Waals surface area contributed by atoms with Gasteiger partial charge in [0.05, 0.1) is 0 Å². The Bertz CT molecular complexity index is 93.7. The van der Waals surface area contributed by atoms with Crippen molar-refractivity contribution < 1.29 is 0 Å². The average molecular weight is 197 g/mol. The molecule has 0 N–H and O–H groups in total. The quantitative estimate of drug-likeness (QED) is 0.518. The van der Waals surface area contributed by atoms with Crippen molar-refractivity contribution in [2.75, 3.05) is 0 Å². The molecule has 0 spiro atoms. The molecule has 70 valence electrons. The van der Waals surface area contributed by atoms with Crippen LogP contribution in [0.2, 0.25) is 0 Å². The van der Waals surface area contributed by atoms with Crippen LogP contribution in [0.5, 0.6) is 0 Å². The van der Waals surface area contributed by atoms with E-state index in [0.717, 1.165) is 0 Å². The Morgan fingerprint density at radius 3 is 1.00 bits per heavy atom. The first kappa shape index (κ1) is 14.3. The first-order valence-electron chi connectivity index (χ1n) is 3.91. The number of hydrogen-bond donors (Lipinski definition) is 0. The highest BCUT2D eigenvalue weighted by atomic mass is 35.5. The van der Waals surface area contributed by atoms with Crippen LogP contribution in [0, 0.1) is 10.8 Å². The Kier molecular flexibility index (Phi) is 5.31. The van der Waals surface area contributed by atoms with Crippen LogP contribution in [0.1, 0.15) is 41.5 Å². The zero-order valence-electron chi connectivity index (χ0n) is 8.56. The zero-order chi connectivity index (χ0) is 8.58. The lowest BCUT2D eigenvalue weighted by molar-refractivity contribution is 0.248. The zero-order valence-corrected chi connectivity index (χ0v) is 10.5. The third kappa shape index (κ3) is 5.04. The van der Waals surface area contributed by atoms with Gasteiger partial charge in [0.25, 0.3) is 0 Å². The SMILES string of the molecule is CC(C)(C)C(P)C(C)(C)C.Cl. The summed E-state index contributed by atoms with van der Waals surface area (Å²) in [6, 6.07) is 0. The highest BCUT2D eigenvalue weighted by Gasteiger charge is 2.30. The molecule has 0 amide bonds. The van der Waals surface area contributed by atoms with E-state index in [1.807, 2.05) is 0 Å². The van der Waals surface area contributed by atoms with Crippen molar-refractivity contribution in [2.45, 2.75) is 47.2 Å². The van der Waals surface area contributed by atoms with Crippen molar-refractivity contribution in [2.24, 2.45) is 10.8 Å². The van der Waals surface area contributed by atoms with Crippen molar-refractivity contribution in [3.05, 3.63) is 0 Å². The number of hydrogen-bond acceptors (Lipinski definition) is 0. The first-order chi connectivity index (χ1) is 4.15. The summed E-state index contributed by atoms with van der Waals surface area (Å²) >= 11 is 0. The maximum absolute atomic E-state index is 2.95. The third-order valence-electron chi connectivity index (χ3n) is 1.87. The number of halogens is 1. The van der Waals surface area contributed by atoms with Crippen LogP contribution in [0.15, 0.2) is 0 Å². The molecule has 0 saturated heterocycles. The van der Waals surface area contributed by atoms with Gasteiger partial charge in [0, 0.05) is 0 Å². The fraction of sp³-hybridized carbons (Fsp3) is 1.00. The summed E-state index contributed by atoms with van der Waals surface area (Å²) < 4.78 is 0. The fourth-order valence-corrected chi connectivity index (χ4v) is 1.30. The first-order valence-corrected chi connectivity index (χ1v) is 4.58. The molecule has 0 aromatic rings. The Hall–Kier alpha value is 0.720. The van der Waals surface area contributed by atoms with Crippen molar-refractivity contribution >= 4 is 21.6 Å². The van der Waals surface area contributed by atoms with Crippen LogP contribution in [0.3, 0.4) is 0 Å². The summed E-state index contributed by atoms with van der Waals surface area (Å²) in [5.41, 5.74) is 1.49. The van der Waals surface area contributed by atoms with Gasteiger partial charge in [-0.05, 0) is 16.5 Å². The van der Waals surface area contributed by atoms with E-state index in [0.29, 0.717) is 16.5 Å². The van der Waals surface area contributed by atoms with Gasteiger partial charge in [0.1, 0.15) is 0 Å². The molecule has 11 heavy (non-hydrogen) atoms. The molecule has 0 bridgehead atoms. The van der Waals surface area contributed by atoms with Gasteiger partial charge in [0.2, 0.25) is 0 Å². The van der Waals surface area contributed by atoms with E-state index in [9.17, 15) is 0 Å². The topological polar surface area (TPSA) is 0 Å². The van der Waals surface area contributed by atoms with Gasteiger partial charge < -0.3 is 0 Å². The van der Waals surface area contributed by atoms with Crippen LogP contribution >= 0.6 is 21.6 Å². The molecule has 0 aliphatic rings. The molecule has 0 aliphatic heterocycles. The molecule has 1 atom stereocenters. The molecule has 0 rings (SSSR count). The van der Waals surface area contributed by atoms with Gasteiger partial charge in [-0.25, -0.2) is 0 Å². The lowest BCUT2D eigenvalue weighted by atomic mass is 9.77. The highest BCUT2D eigenvalue weighted by molar-refractivity contribution is 7.17. The van der Waals surface area contributed by atoms with Crippen molar-refractivity contribution in [1.82, 2.24) is 0 Å². The largest absolute Gasteiger partial charge is 0.147 e. The second-order valence-corrected chi connectivity index (χ2v) is 5.88. The minimum atomic E-state index is 0. The fourth-order valence-electron chi connectivity index (χ4n) is 1.30. The molecule has 0 fully saturated rings. The maximum atomic E-state index is 2.95. The summed E-state index contributed by atoms with van der Waals surface area (Å²) in [7, 11) is 2.95. The van der Waals surface area contributed by atoms with Crippen LogP contribution in [0.4, 0.5) is 0 Å². The number of rotatable bonds is 0. The molecule has 0 aromatic carbocycles. The van der Waals surface area contributed by atoms with Crippen LogP contribution in [-0.4, -0.2) is 5.66 Å². The Labute approximate surface area is 80.1 Å². The molecule has 0 aromatic heterocycles. The standard InChI is InChI=1S/C9H21P.ClH/c1-8(2,3)7(10)9(4,5)6;/h7H,10H2,1-6H3;1H. The van der Waals surface area contributed by atoms with Gasteiger partial charge in [-0.2, -0.15) is 0 Å². The molecular weight excluding hydrogens is 175 g/mol. The smallest absolute Gasteiger partial charge is 0.0167 e. The summed E-state index contributed by atoms with van der Waals surface area (Å²) in [4.78, 5) is 0. The van der Waals surface area contributed by atoms with E-state index >= 15 is 0 Å². The van der Waals surface area contributed by atoms with E-state index in [-0.39, 0.29) is 12.4 Å². The van der Waals surface area contributed by atoms with Crippen LogP contribution in [-0.2, 0) is 0 Å². The summed E-state index contributed by atoms with van der Waals surface area (Å²) in [6.45, 7) is 13.7. The van der Waals surface area contributed by atoms with E-state index in [4.69, 9.17) is 0 Å². The molecule has 2 heteroatoms. The van der Waals surface area contributed by atoms with Gasteiger partial charge in [-0.3, -0.25) is 0 Å². The third-order valence-corrected chi connectivity index (χ3v) is 3.87. The highest BCUT2D eigenvalue weighted by Crippen LogP contribution is 2.39. The van der Waals surface area contributed by atoms with Crippen molar-refractivity contribution in [1.29, 1.82) is 0 Å². The van der Waals surface area contributed by atoms with Gasteiger partial charge >= 0.3 is 0 Å². The Morgan fingerprint density at radius 2 is 1.00 bits per heavy atom. The molecular formula is C9H22ClP. The van der Waals surface area contributed by atoms with E-state index in [1.54, 1.807) is 0 Å². The summed E-state index contributed by atoms with van der Waals surface area (Å²) in [6.07, 6.45) is 0. The average Bonchev–Trinajstić information content (AvgIpc) is 1.59. The van der Waals surface area contributed by atoms with Crippen molar-refractivity contribution in [3.8, 4) is 0 Å². The Balaban J connectivity index is 0. The minimum absolute atomic E-state index is 0. The van der Waals surface area contributed by atoms with Gasteiger partial charge in [-0.1, -0.05) is 41.5 Å². The predicted octanol–water partition coefficient (Wildman–Crippen LogP) is 3.74. The van der Waals surface area contributed by atoms with E-state index < -0.39 is 0 Å². The second-order valence-electron chi connectivity index (χ2n) is 5.21. The lowest BCUT2D eigenvalue weighted by Crippen LogP contribution is -2.32. The normalized spacial score (nSPS) is 13.1. The molecule has 0 nitrogen and oxygen atoms in total. The molecule has 1 unspecified atom stereocenters. The molecule has 0 radical (unpaired) electrons. The second kappa shape index (κ2) is 4.10. The minimum Gasteiger partial charge on any atom is -0.147 e.